The Morgan fingerprint density at radius 2 is 2.13 bits per heavy atom. The van der Waals surface area contributed by atoms with Crippen molar-refractivity contribution in [3.05, 3.63) is 11.6 Å². The minimum absolute atomic E-state index is 0.233. The lowest BCUT2D eigenvalue weighted by Crippen LogP contribution is -2.38. The first-order chi connectivity index (χ1) is 7.24. The van der Waals surface area contributed by atoms with Crippen molar-refractivity contribution in [3.63, 3.8) is 0 Å². The first-order valence-corrected chi connectivity index (χ1v) is 5.84. The smallest absolute Gasteiger partial charge is 0.223 e. The van der Waals surface area contributed by atoms with Gasteiger partial charge >= 0.3 is 0 Å². The zero-order valence-electron chi connectivity index (χ0n) is 9.81. The van der Waals surface area contributed by atoms with E-state index in [9.17, 15) is 4.79 Å². The molecule has 0 aromatic carbocycles. The van der Waals surface area contributed by atoms with Crippen LogP contribution in [0.2, 0.25) is 0 Å². The van der Waals surface area contributed by atoms with Gasteiger partial charge < -0.3 is 10.6 Å². The van der Waals surface area contributed by atoms with Gasteiger partial charge in [-0.05, 0) is 46.2 Å². The van der Waals surface area contributed by atoms with Gasteiger partial charge in [-0.25, -0.2) is 0 Å². The van der Waals surface area contributed by atoms with Crippen LogP contribution in [0.25, 0.3) is 0 Å². The van der Waals surface area contributed by atoms with E-state index in [2.05, 4.69) is 23.6 Å². The summed E-state index contributed by atoms with van der Waals surface area (Å²) < 4.78 is 0. The summed E-state index contributed by atoms with van der Waals surface area (Å²) in [6.45, 7) is 6.86. The van der Waals surface area contributed by atoms with Gasteiger partial charge in [-0.3, -0.25) is 4.79 Å². The molecule has 1 heterocycles. The number of rotatable bonds is 4. The summed E-state index contributed by atoms with van der Waals surface area (Å²) in [6, 6.07) is 0. The third-order valence-corrected chi connectivity index (χ3v) is 3.02. The van der Waals surface area contributed by atoms with E-state index in [4.69, 9.17) is 0 Å². The number of hydrogen-bond acceptors (Lipinski definition) is 2. The van der Waals surface area contributed by atoms with Gasteiger partial charge in [0, 0.05) is 12.5 Å². The highest BCUT2D eigenvalue weighted by atomic mass is 16.1. The molecule has 1 rings (SSSR count). The van der Waals surface area contributed by atoms with Crippen molar-refractivity contribution in [2.45, 2.75) is 33.1 Å². The fraction of sp³-hybridized carbons (Fsp3) is 0.750. The fourth-order valence-electron chi connectivity index (χ4n) is 1.76. The Labute approximate surface area is 92.3 Å². The molecule has 0 bridgehead atoms. The van der Waals surface area contributed by atoms with E-state index >= 15 is 0 Å². The van der Waals surface area contributed by atoms with Crippen molar-refractivity contribution in [2.75, 3.05) is 19.6 Å². The molecule has 1 amide bonds. The second kappa shape index (κ2) is 6.62. The number of carbonyl (C=O) groups is 1. The first kappa shape index (κ1) is 12.2. The highest BCUT2D eigenvalue weighted by Crippen LogP contribution is 2.11. The van der Waals surface area contributed by atoms with Crippen molar-refractivity contribution < 1.29 is 4.79 Å². The molecular formula is C12H22N2O. The Bertz CT molecular complexity index is 230. The molecule has 86 valence electrons. The van der Waals surface area contributed by atoms with Crippen LogP contribution in [0.5, 0.6) is 0 Å². The van der Waals surface area contributed by atoms with E-state index in [0.717, 1.165) is 38.9 Å². The molecule has 0 aromatic heterocycles. The number of piperidine rings is 1. The summed E-state index contributed by atoms with van der Waals surface area (Å²) in [6.07, 6.45) is 5.02. The normalized spacial score (nSPS) is 18.9. The summed E-state index contributed by atoms with van der Waals surface area (Å²) in [7, 11) is 0. The third-order valence-electron chi connectivity index (χ3n) is 3.02. The van der Waals surface area contributed by atoms with Crippen LogP contribution in [-0.2, 0) is 4.79 Å². The molecule has 0 aromatic rings. The Balaban J connectivity index is 2.17. The van der Waals surface area contributed by atoms with E-state index in [1.807, 2.05) is 6.92 Å². The van der Waals surface area contributed by atoms with Crippen molar-refractivity contribution in [2.24, 2.45) is 5.92 Å². The summed E-state index contributed by atoms with van der Waals surface area (Å²) in [5.41, 5.74) is 1.33. The molecule has 15 heavy (non-hydrogen) atoms. The van der Waals surface area contributed by atoms with Crippen molar-refractivity contribution in [1.29, 1.82) is 0 Å². The number of hydrogen-bond donors (Lipinski definition) is 2. The quantitative estimate of drug-likeness (QED) is 0.690. The number of amides is 1. The summed E-state index contributed by atoms with van der Waals surface area (Å²) in [4.78, 5) is 11.7. The van der Waals surface area contributed by atoms with Gasteiger partial charge in [0.15, 0.2) is 0 Å². The molecule has 1 saturated heterocycles. The average molecular weight is 210 g/mol. The molecule has 3 heteroatoms. The third kappa shape index (κ3) is 4.47. The molecule has 0 aliphatic carbocycles. The molecule has 3 nitrogen and oxygen atoms in total. The maximum absolute atomic E-state index is 11.7. The van der Waals surface area contributed by atoms with Gasteiger partial charge in [0.25, 0.3) is 0 Å². The molecule has 0 radical (unpaired) electrons. The predicted molar refractivity (Wildman–Crippen MR) is 62.7 cm³/mol. The SMILES string of the molecule is C/C=C(\C)CCNC(=O)C1CCNCC1. The minimum atomic E-state index is 0.233. The van der Waals surface area contributed by atoms with Gasteiger partial charge in [-0.15, -0.1) is 0 Å². The molecule has 0 atom stereocenters. The molecule has 1 aliphatic heterocycles. The zero-order chi connectivity index (χ0) is 11.1. The van der Waals surface area contributed by atoms with Crippen molar-refractivity contribution >= 4 is 5.91 Å². The van der Waals surface area contributed by atoms with Crippen LogP contribution in [0.15, 0.2) is 11.6 Å². The van der Waals surface area contributed by atoms with E-state index in [0.29, 0.717) is 0 Å². The van der Waals surface area contributed by atoms with Crippen LogP contribution >= 0.6 is 0 Å². The highest BCUT2D eigenvalue weighted by Gasteiger charge is 2.19. The predicted octanol–water partition coefficient (Wildman–Crippen LogP) is 1.46. The lowest BCUT2D eigenvalue weighted by atomic mass is 9.97. The molecule has 2 N–H and O–H groups in total. The largest absolute Gasteiger partial charge is 0.356 e. The fourth-order valence-corrected chi connectivity index (χ4v) is 1.76. The maximum Gasteiger partial charge on any atom is 0.223 e. The standard InChI is InChI=1S/C12H22N2O/c1-3-10(2)4-9-14-12(15)11-5-7-13-8-6-11/h3,11,13H,4-9H2,1-2H3,(H,14,15)/b10-3+. The van der Waals surface area contributed by atoms with Crippen LogP contribution < -0.4 is 10.6 Å². The van der Waals surface area contributed by atoms with Crippen molar-refractivity contribution in [1.82, 2.24) is 10.6 Å². The highest BCUT2D eigenvalue weighted by molar-refractivity contribution is 5.78. The minimum Gasteiger partial charge on any atom is -0.356 e. The van der Waals surface area contributed by atoms with E-state index in [1.165, 1.54) is 5.57 Å². The monoisotopic (exact) mass is 210 g/mol. The summed E-state index contributed by atoms with van der Waals surface area (Å²) >= 11 is 0. The van der Waals surface area contributed by atoms with Crippen LogP contribution in [0.1, 0.15) is 33.1 Å². The summed E-state index contributed by atoms with van der Waals surface area (Å²) in [5, 5.41) is 6.27. The lowest BCUT2D eigenvalue weighted by molar-refractivity contribution is -0.125. The molecule has 1 aliphatic rings. The number of carbonyl (C=O) groups excluding carboxylic acids is 1. The van der Waals surface area contributed by atoms with Gasteiger partial charge in [0.2, 0.25) is 5.91 Å². The van der Waals surface area contributed by atoms with Crippen LogP contribution in [0, 0.1) is 5.92 Å². The Hall–Kier alpha value is -0.830. The second-order valence-corrected chi connectivity index (χ2v) is 4.20. The zero-order valence-corrected chi connectivity index (χ0v) is 9.81. The van der Waals surface area contributed by atoms with Crippen LogP contribution in [0.4, 0.5) is 0 Å². The number of nitrogens with one attached hydrogen (secondary N) is 2. The molecule has 1 fully saturated rings. The topological polar surface area (TPSA) is 41.1 Å². The first-order valence-electron chi connectivity index (χ1n) is 5.84. The van der Waals surface area contributed by atoms with E-state index < -0.39 is 0 Å². The molecule has 0 saturated carbocycles. The van der Waals surface area contributed by atoms with E-state index in [1.54, 1.807) is 0 Å². The Kier molecular flexibility index (Phi) is 5.40. The van der Waals surface area contributed by atoms with Gasteiger partial charge in [-0.2, -0.15) is 0 Å². The summed E-state index contributed by atoms with van der Waals surface area (Å²) in [5.74, 6) is 0.470. The molecule has 0 unspecified atom stereocenters. The van der Waals surface area contributed by atoms with E-state index in [-0.39, 0.29) is 11.8 Å². The van der Waals surface area contributed by atoms with Crippen LogP contribution in [0.3, 0.4) is 0 Å². The van der Waals surface area contributed by atoms with Crippen LogP contribution in [-0.4, -0.2) is 25.5 Å². The lowest BCUT2D eigenvalue weighted by Gasteiger charge is -2.21. The average Bonchev–Trinajstić information content (AvgIpc) is 2.29. The Morgan fingerprint density at radius 3 is 2.73 bits per heavy atom. The van der Waals surface area contributed by atoms with Gasteiger partial charge in [-0.1, -0.05) is 11.6 Å². The Morgan fingerprint density at radius 1 is 1.47 bits per heavy atom. The van der Waals surface area contributed by atoms with Crippen molar-refractivity contribution in [3.8, 4) is 0 Å². The van der Waals surface area contributed by atoms with Gasteiger partial charge in [0.05, 0.1) is 0 Å². The number of allylic oxidation sites excluding steroid dienone is 1. The molecule has 0 spiro atoms. The van der Waals surface area contributed by atoms with Gasteiger partial charge in [0.1, 0.15) is 0 Å². The molecular weight excluding hydrogens is 188 g/mol. The second-order valence-electron chi connectivity index (χ2n) is 4.20. The maximum atomic E-state index is 11.7.